The molecule has 2 aromatic rings. The van der Waals surface area contributed by atoms with Gasteiger partial charge in [0.2, 0.25) is 0 Å². The molecule has 1 atom stereocenters. The van der Waals surface area contributed by atoms with Crippen LogP contribution in [0.3, 0.4) is 0 Å². The summed E-state index contributed by atoms with van der Waals surface area (Å²) >= 11 is 3.53. The normalized spacial score (nSPS) is 13.3. The molecule has 16 heavy (non-hydrogen) atoms. The number of halogens is 1. The van der Waals surface area contributed by atoms with Crippen molar-refractivity contribution in [1.82, 2.24) is 4.57 Å². The van der Waals surface area contributed by atoms with Gasteiger partial charge in [0, 0.05) is 34.2 Å². The first-order valence-electron chi connectivity index (χ1n) is 5.49. The van der Waals surface area contributed by atoms with E-state index in [4.69, 9.17) is 5.73 Å². The van der Waals surface area contributed by atoms with E-state index in [1.807, 2.05) is 0 Å². The van der Waals surface area contributed by atoms with Crippen molar-refractivity contribution < 1.29 is 0 Å². The Labute approximate surface area is 105 Å². The Morgan fingerprint density at radius 1 is 1.44 bits per heavy atom. The van der Waals surface area contributed by atoms with E-state index in [2.05, 4.69) is 59.6 Å². The number of benzene rings is 1. The first-order chi connectivity index (χ1) is 7.50. The van der Waals surface area contributed by atoms with Gasteiger partial charge in [-0.2, -0.15) is 0 Å². The summed E-state index contributed by atoms with van der Waals surface area (Å²) in [5.41, 5.74) is 9.86. The molecule has 1 aromatic carbocycles. The molecular weight excluding hydrogens is 264 g/mol. The number of nitrogens with zero attached hydrogens (tertiary/aromatic N) is 1. The van der Waals surface area contributed by atoms with Gasteiger partial charge in [0.15, 0.2) is 0 Å². The van der Waals surface area contributed by atoms with Crippen molar-refractivity contribution in [2.24, 2.45) is 12.8 Å². The van der Waals surface area contributed by atoms with Crippen molar-refractivity contribution in [1.29, 1.82) is 0 Å². The lowest BCUT2D eigenvalue weighted by atomic mass is 10.0. The fourth-order valence-corrected chi connectivity index (χ4v) is 2.56. The van der Waals surface area contributed by atoms with Gasteiger partial charge in [-0.1, -0.05) is 15.9 Å². The average Bonchev–Trinajstić information content (AvgIpc) is 2.43. The highest BCUT2D eigenvalue weighted by Gasteiger charge is 2.13. The fourth-order valence-electron chi connectivity index (χ4n) is 2.20. The third kappa shape index (κ3) is 1.89. The summed E-state index contributed by atoms with van der Waals surface area (Å²) in [7, 11) is 2.11. The Morgan fingerprint density at radius 2 is 2.12 bits per heavy atom. The Hall–Kier alpha value is -0.800. The summed E-state index contributed by atoms with van der Waals surface area (Å²) in [5, 5.41) is 1.31. The summed E-state index contributed by atoms with van der Waals surface area (Å²) in [4.78, 5) is 0. The molecule has 0 saturated carbocycles. The molecule has 2 N–H and O–H groups in total. The first-order valence-corrected chi connectivity index (χ1v) is 6.29. The van der Waals surface area contributed by atoms with Crippen LogP contribution in [0.5, 0.6) is 0 Å². The highest BCUT2D eigenvalue weighted by molar-refractivity contribution is 9.10. The zero-order chi connectivity index (χ0) is 11.9. The van der Waals surface area contributed by atoms with Gasteiger partial charge in [0.25, 0.3) is 0 Å². The van der Waals surface area contributed by atoms with E-state index in [9.17, 15) is 0 Å². The van der Waals surface area contributed by atoms with Crippen molar-refractivity contribution in [3.63, 3.8) is 0 Å². The maximum atomic E-state index is 5.91. The molecular formula is C13H17BrN2. The molecule has 0 aliphatic heterocycles. The van der Waals surface area contributed by atoms with Gasteiger partial charge in [-0.25, -0.2) is 0 Å². The van der Waals surface area contributed by atoms with Crippen molar-refractivity contribution in [3.8, 4) is 0 Å². The van der Waals surface area contributed by atoms with Crippen LogP contribution in [-0.4, -0.2) is 10.6 Å². The molecule has 0 bridgehead atoms. The molecule has 0 spiro atoms. The second-order valence-electron chi connectivity index (χ2n) is 4.47. The van der Waals surface area contributed by atoms with Gasteiger partial charge in [-0.15, -0.1) is 0 Å². The van der Waals surface area contributed by atoms with Crippen LogP contribution in [0.4, 0.5) is 0 Å². The number of rotatable bonds is 2. The van der Waals surface area contributed by atoms with E-state index in [-0.39, 0.29) is 6.04 Å². The van der Waals surface area contributed by atoms with Gasteiger partial charge in [0.1, 0.15) is 0 Å². The summed E-state index contributed by atoms with van der Waals surface area (Å²) in [6, 6.07) is 6.61. The van der Waals surface area contributed by atoms with Crippen LogP contribution in [0, 0.1) is 6.92 Å². The van der Waals surface area contributed by atoms with Gasteiger partial charge in [-0.3, -0.25) is 0 Å². The topological polar surface area (TPSA) is 30.9 Å². The molecule has 0 saturated heterocycles. The van der Waals surface area contributed by atoms with Gasteiger partial charge >= 0.3 is 0 Å². The molecule has 86 valence electrons. The van der Waals surface area contributed by atoms with Crippen LogP contribution in [0.25, 0.3) is 10.9 Å². The van der Waals surface area contributed by atoms with Gasteiger partial charge < -0.3 is 10.3 Å². The smallest absolute Gasteiger partial charge is 0.0483 e. The van der Waals surface area contributed by atoms with Gasteiger partial charge in [-0.05, 0) is 44.0 Å². The third-order valence-corrected chi connectivity index (χ3v) is 3.60. The molecule has 0 amide bonds. The number of hydrogen-bond donors (Lipinski definition) is 1. The monoisotopic (exact) mass is 280 g/mol. The molecule has 0 aliphatic rings. The van der Waals surface area contributed by atoms with Crippen LogP contribution < -0.4 is 5.73 Å². The summed E-state index contributed by atoms with van der Waals surface area (Å²) in [5.74, 6) is 0. The van der Waals surface area contributed by atoms with Crippen LogP contribution >= 0.6 is 15.9 Å². The van der Waals surface area contributed by atoms with Crippen molar-refractivity contribution in [2.75, 3.05) is 0 Å². The van der Waals surface area contributed by atoms with E-state index in [1.54, 1.807) is 0 Å². The molecule has 0 aliphatic carbocycles. The minimum absolute atomic E-state index is 0.197. The fraction of sp³-hybridized carbons (Fsp3) is 0.385. The molecule has 0 radical (unpaired) electrons. The van der Waals surface area contributed by atoms with E-state index in [0.29, 0.717) is 0 Å². The number of aryl methyl sites for hydroxylation is 1. The number of hydrogen-bond acceptors (Lipinski definition) is 1. The lowest BCUT2D eigenvalue weighted by molar-refractivity contribution is 0.732. The Kier molecular flexibility index (Phi) is 3.08. The highest BCUT2D eigenvalue weighted by Crippen LogP contribution is 2.28. The Bertz CT molecular complexity index is 526. The molecule has 3 heteroatoms. The summed E-state index contributed by atoms with van der Waals surface area (Å²) in [6.45, 7) is 4.21. The number of nitrogens with two attached hydrogens (primary N) is 1. The lowest BCUT2D eigenvalue weighted by Crippen LogP contribution is -2.18. The standard InChI is InChI=1S/C13H17BrN2/c1-8(15)6-11-9(2)16(3)13-5-4-10(14)7-12(11)13/h4-5,7-8H,6,15H2,1-3H3. The minimum atomic E-state index is 0.197. The molecule has 0 fully saturated rings. The van der Waals surface area contributed by atoms with E-state index in [1.165, 1.54) is 22.2 Å². The summed E-state index contributed by atoms with van der Waals surface area (Å²) in [6.07, 6.45) is 0.930. The molecule has 2 nitrogen and oxygen atoms in total. The zero-order valence-corrected chi connectivity index (χ0v) is 11.5. The van der Waals surface area contributed by atoms with Crippen LogP contribution in [0.2, 0.25) is 0 Å². The highest BCUT2D eigenvalue weighted by atomic mass is 79.9. The molecule has 1 heterocycles. The zero-order valence-electron chi connectivity index (χ0n) is 9.92. The maximum Gasteiger partial charge on any atom is 0.0483 e. The molecule has 1 unspecified atom stereocenters. The predicted molar refractivity (Wildman–Crippen MR) is 72.7 cm³/mol. The van der Waals surface area contributed by atoms with E-state index >= 15 is 0 Å². The predicted octanol–water partition coefficient (Wildman–Crippen LogP) is 3.14. The number of aromatic nitrogens is 1. The van der Waals surface area contributed by atoms with Crippen molar-refractivity contribution >= 4 is 26.8 Å². The second kappa shape index (κ2) is 4.22. The van der Waals surface area contributed by atoms with Crippen LogP contribution in [0.15, 0.2) is 22.7 Å². The maximum absolute atomic E-state index is 5.91. The Morgan fingerprint density at radius 3 is 2.75 bits per heavy atom. The van der Waals surface area contributed by atoms with Gasteiger partial charge in [0.05, 0.1) is 0 Å². The largest absolute Gasteiger partial charge is 0.348 e. The van der Waals surface area contributed by atoms with E-state index in [0.717, 1.165) is 10.9 Å². The van der Waals surface area contributed by atoms with Crippen molar-refractivity contribution in [2.45, 2.75) is 26.3 Å². The first kappa shape index (κ1) is 11.7. The quantitative estimate of drug-likeness (QED) is 0.900. The number of fused-ring (bicyclic) bond motifs is 1. The minimum Gasteiger partial charge on any atom is -0.348 e. The SMILES string of the molecule is Cc1c(CC(C)N)c2cc(Br)ccc2n1C. The summed E-state index contributed by atoms with van der Waals surface area (Å²) < 4.78 is 3.36. The Balaban J connectivity index is 2.70. The van der Waals surface area contributed by atoms with Crippen LogP contribution in [0.1, 0.15) is 18.2 Å². The molecule has 1 aromatic heterocycles. The average molecular weight is 281 g/mol. The van der Waals surface area contributed by atoms with Crippen molar-refractivity contribution in [3.05, 3.63) is 33.9 Å². The molecule has 2 rings (SSSR count). The van der Waals surface area contributed by atoms with E-state index < -0.39 is 0 Å². The van der Waals surface area contributed by atoms with Crippen LogP contribution in [-0.2, 0) is 13.5 Å². The third-order valence-electron chi connectivity index (χ3n) is 3.11. The lowest BCUT2D eigenvalue weighted by Gasteiger charge is -2.05. The second-order valence-corrected chi connectivity index (χ2v) is 5.38.